The Kier molecular flexibility index (Phi) is 6.40. The van der Waals surface area contributed by atoms with Gasteiger partial charge in [0.2, 0.25) is 0 Å². The lowest BCUT2D eigenvalue weighted by atomic mass is 10.2. The molecule has 0 saturated heterocycles. The van der Waals surface area contributed by atoms with E-state index in [0.717, 1.165) is 12.1 Å². The molecule has 0 amide bonds. The summed E-state index contributed by atoms with van der Waals surface area (Å²) in [5, 5.41) is 2.95. The molecule has 0 aliphatic carbocycles. The Balaban J connectivity index is 2.28. The minimum atomic E-state index is -0.433. The average molecular weight is 264 g/mol. The summed E-state index contributed by atoms with van der Waals surface area (Å²) in [6, 6.07) is 3.42. The summed E-state index contributed by atoms with van der Waals surface area (Å²) in [7, 11) is 1.59. The van der Waals surface area contributed by atoms with E-state index in [2.05, 4.69) is 5.32 Å². The van der Waals surface area contributed by atoms with Crippen molar-refractivity contribution in [1.82, 2.24) is 5.32 Å². The first-order valence-corrected chi connectivity index (χ1v) is 5.84. The van der Waals surface area contributed by atoms with E-state index >= 15 is 0 Å². The van der Waals surface area contributed by atoms with Gasteiger partial charge in [0, 0.05) is 19.2 Å². The van der Waals surface area contributed by atoms with Crippen LogP contribution in [0.3, 0.4) is 0 Å². The molecule has 1 atom stereocenters. The maximum Gasteiger partial charge on any atom is 0.127 e. The van der Waals surface area contributed by atoms with Crippen molar-refractivity contribution in [3.05, 3.63) is 35.4 Å². The van der Waals surface area contributed by atoms with Gasteiger partial charge in [-0.05, 0) is 31.2 Å². The minimum Gasteiger partial charge on any atom is -0.383 e. The van der Waals surface area contributed by atoms with Crippen molar-refractivity contribution in [2.45, 2.75) is 18.3 Å². The third-order valence-corrected chi connectivity index (χ3v) is 2.65. The fourth-order valence-corrected chi connectivity index (χ4v) is 1.66. The highest BCUT2D eigenvalue weighted by Gasteiger charge is 2.05. The predicted molar refractivity (Wildman–Crippen MR) is 64.2 cm³/mol. The van der Waals surface area contributed by atoms with Crippen LogP contribution in [0.4, 0.5) is 8.78 Å². The molecule has 0 bridgehead atoms. The van der Waals surface area contributed by atoms with Crippen molar-refractivity contribution in [1.29, 1.82) is 0 Å². The van der Waals surface area contributed by atoms with Gasteiger partial charge in [-0.2, -0.15) is 0 Å². The van der Waals surface area contributed by atoms with E-state index in [1.54, 1.807) is 7.11 Å². The van der Waals surface area contributed by atoms with E-state index in [-0.39, 0.29) is 5.38 Å². The van der Waals surface area contributed by atoms with Crippen LogP contribution in [0.1, 0.15) is 12.0 Å². The van der Waals surface area contributed by atoms with Crippen LogP contribution in [0.15, 0.2) is 18.2 Å². The van der Waals surface area contributed by atoms with Gasteiger partial charge in [-0.15, -0.1) is 11.6 Å². The molecule has 0 fully saturated rings. The van der Waals surface area contributed by atoms with Gasteiger partial charge in [-0.1, -0.05) is 0 Å². The van der Waals surface area contributed by atoms with Crippen LogP contribution >= 0.6 is 11.6 Å². The van der Waals surface area contributed by atoms with Crippen LogP contribution in [-0.4, -0.2) is 25.6 Å². The van der Waals surface area contributed by atoms with Gasteiger partial charge in [0.1, 0.15) is 11.6 Å². The summed E-state index contributed by atoms with van der Waals surface area (Å²) in [5.41, 5.74) is 0.322. The Morgan fingerprint density at radius 1 is 1.41 bits per heavy atom. The molecule has 1 aromatic rings. The van der Waals surface area contributed by atoms with E-state index in [9.17, 15) is 8.78 Å². The minimum absolute atomic E-state index is 0.0649. The number of benzene rings is 1. The number of halogens is 3. The van der Waals surface area contributed by atoms with Crippen molar-refractivity contribution in [3.8, 4) is 0 Å². The first-order chi connectivity index (χ1) is 8.13. The maximum atomic E-state index is 13.2. The molecule has 96 valence electrons. The lowest BCUT2D eigenvalue weighted by Gasteiger charge is -2.09. The number of hydrogen-bond acceptors (Lipinski definition) is 2. The summed E-state index contributed by atoms with van der Waals surface area (Å²) in [6.07, 6.45) is 0.715. The third-order valence-electron chi connectivity index (χ3n) is 2.31. The zero-order valence-corrected chi connectivity index (χ0v) is 10.4. The molecule has 0 aliphatic rings. The molecule has 0 spiro atoms. The van der Waals surface area contributed by atoms with Crippen LogP contribution < -0.4 is 5.32 Å². The van der Waals surface area contributed by atoms with Crippen molar-refractivity contribution in [2.24, 2.45) is 0 Å². The lowest BCUT2D eigenvalue weighted by Crippen LogP contribution is -2.20. The normalized spacial score (nSPS) is 12.7. The summed E-state index contributed by atoms with van der Waals surface area (Å²) in [6.45, 7) is 1.41. The first kappa shape index (κ1) is 14.4. The van der Waals surface area contributed by atoms with Gasteiger partial charge < -0.3 is 10.1 Å². The lowest BCUT2D eigenvalue weighted by molar-refractivity contribution is 0.195. The van der Waals surface area contributed by atoms with Crippen LogP contribution in [0.5, 0.6) is 0 Å². The number of ether oxygens (including phenoxy) is 1. The zero-order chi connectivity index (χ0) is 12.7. The van der Waals surface area contributed by atoms with Crippen molar-refractivity contribution in [3.63, 3.8) is 0 Å². The Morgan fingerprint density at radius 3 is 2.88 bits per heavy atom. The highest BCUT2D eigenvalue weighted by molar-refractivity contribution is 6.20. The molecule has 17 heavy (non-hydrogen) atoms. The molecule has 0 heterocycles. The summed E-state index contributed by atoms with van der Waals surface area (Å²) in [4.78, 5) is 0. The van der Waals surface area contributed by atoms with Gasteiger partial charge >= 0.3 is 0 Å². The molecule has 1 N–H and O–H groups in total. The largest absolute Gasteiger partial charge is 0.383 e. The highest BCUT2D eigenvalue weighted by Crippen LogP contribution is 2.09. The summed E-state index contributed by atoms with van der Waals surface area (Å²) < 4.78 is 31.0. The molecular formula is C12H16ClF2NO. The number of methoxy groups -OCH3 is 1. The molecule has 1 rings (SSSR count). The second-order valence-corrected chi connectivity index (χ2v) is 4.37. The van der Waals surface area contributed by atoms with E-state index < -0.39 is 11.6 Å². The fraction of sp³-hybridized carbons (Fsp3) is 0.500. The van der Waals surface area contributed by atoms with Gasteiger partial charge in [0.05, 0.1) is 12.0 Å². The van der Waals surface area contributed by atoms with Crippen LogP contribution in [0, 0.1) is 11.6 Å². The van der Waals surface area contributed by atoms with Gasteiger partial charge in [0.25, 0.3) is 0 Å². The second-order valence-electron chi connectivity index (χ2n) is 3.75. The maximum absolute atomic E-state index is 13.2. The molecule has 5 heteroatoms. The van der Waals surface area contributed by atoms with E-state index in [0.29, 0.717) is 31.7 Å². The van der Waals surface area contributed by atoms with Crippen molar-refractivity contribution >= 4 is 11.6 Å². The van der Waals surface area contributed by atoms with Crippen LogP contribution in [0.25, 0.3) is 0 Å². The summed E-state index contributed by atoms with van der Waals surface area (Å²) in [5.74, 6) is -0.837. The van der Waals surface area contributed by atoms with Crippen LogP contribution in [0.2, 0.25) is 0 Å². The quantitative estimate of drug-likeness (QED) is 0.603. The molecule has 1 aromatic carbocycles. The smallest absolute Gasteiger partial charge is 0.127 e. The summed E-state index contributed by atoms with van der Waals surface area (Å²) >= 11 is 5.92. The Bertz CT molecular complexity index is 349. The predicted octanol–water partition coefficient (Wildman–Crippen LogP) is 2.70. The van der Waals surface area contributed by atoms with Gasteiger partial charge in [0.15, 0.2) is 0 Å². The van der Waals surface area contributed by atoms with Crippen molar-refractivity contribution < 1.29 is 13.5 Å². The second kappa shape index (κ2) is 7.58. The van der Waals surface area contributed by atoms with E-state index in [4.69, 9.17) is 16.3 Å². The molecule has 0 saturated carbocycles. The molecule has 0 aromatic heterocycles. The third kappa shape index (κ3) is 5.44. The first-order valence-electron chi connectivity index (χ1n) is 5.41. The standard InChI is InChI=1S/C12H16ClF2NO/c1-17-8-10(13)4-5-16-7-9-6-11(14)2-3-12(9)15/h2-3,6,10,16H,4-5,7-8H2,1H3. The Labute approximate surface area is 105 Å². The van der Waals surface area contributed by atoms with E-state index in [1.165, 1.54) is 6.07 Å². The Morgan fingerprint density at radius 2 is 2.18 bits per heavy atom. The number of nitrogens with one attached hydrogen (secondary N) is 1. The molecule has 0 radical (unpaired) electrons. The van der Waals surface area contributed by atoms with Gasteiger partial charge in [-0.25, -0.2) is 8.78 Å². The molecule has 2 nitrogen and oxygen atoms in total. The fourth-order valence-electron chi connectivity index (χ4n) is 1.42. The SMILES string of the molecule is COCC(Cl)CCNCc1cc(F)ccc1F. The van der Waals surface area contributed by atoms with E-state index in [1.807, 2.05) is 0 Å². The topological polar surface area (TPSA) is 21.3 Å². The Hall–Kier alpha value is -0.710. The average Bonchev–Trinajstić information content (AvgIpc) is 2.29. The number of hydrogen-bond donors (Lipinski definition) is 1. The number of rotatable bonds is 7. The number of alkyl halides is 1. The van der Waals surface area contributed by atoms with Crippen LogP contribution in [-0.2, 0) is 11.3 Å². The molecule has 0 aliphatic heterocycles. The monoisotopic (exact) mass is 263 g/mol. The zero-order valence-electron chi connectivity index (χ0n) is 9.68. The van der Waals surface area contributed by atoms with Gasteiger partial charge in [-0.3, -0.25) is 0 Å². The molecule has 1 unspecified atom stereocenters. The van der Waals surface area contributed by atoms with Crippen molar-refractivity contribution in [2.75, 3.05) is 20.3 Å². The highest BCUT2D eigenvalue weighted by atomic mass is 35.5. The molecular weight excluding hydrogens is 248 g/mol.